The standard InChI is InChI=1S/C14H18O2S2/c15-11-1-3-12(4-2-11)18-13-5-7-16-14(9-13)6-8-17-10-14/h1-4,13,15H,5-10H2. The topological polar surface area (TPSA) is 29.5 Å². The van der Waals surface area contributed by atoms with Crippen molar-refractivity contribution in [1.82, 2.24) is 0 Å². The molecule has 0 aromatic heterocycles. The lowest BCUT2D eigenvalue weighted by Crippen LogP contribution is -2.40. The zero-order chi connectivity index (χ0) is 12.4. The summed E-state index contributed by atoms with van der Waals surface area (Å²) in [5.41, 5.74) is 0.164. The second kappa shape index (κ2) is 5.35. The Morgan fingerprint density at radius 3 is 2.89 bits per heavy atom. The number of rotatable bonds is 2. The summed E-state index contributed by atoms with van der Waals surface area (Å²) in [6.45, 7) is 0.899. The van der Waals surface area contributed by atoms with Gasteiger partial charge in [0.05, 0.1) is 5.60 Å². The van der Waals surface area contributed by atoms with Gasteiger partial charge in [0.15, 0.2) is 0 Å². The molecule has 1 spiro atoms. The van der Waals surface area contributed by atoms with Crippen LogP contribution in [0.15, 0.2) is 29.2 Å². The molecule has 2 aliphatic rings. The first-order valence-corrected chi connectivity index (χ1v) is 8.47. The van der Waals surface area contributed by atoms with Crippen molar-refractivity contribution in [3.63, 3.8) is 0 Å². The van der Waals surface area contributed by atoms with Crippen LogP contribution in [-0.4, -0.2) is 34.1 Å². The van der Waals surface area contributed by atoms with Gasteiger partial charge < -0.3 is 9.84 Å². The van der Waals surface area contributed by atoms with E-state index in [1.54, 1.807) is 12.1 Å². The van der Waals surface area contributed by atoms with Crippen LogP contribution in [0.25, 0.3) is 0 Å². The van der Waals surface area contributed by atoms with Crippen LogP contribution in [0.2, 0.25) is 0 Å². The number of aromatic hydroxyl groups is 1. The Hall–Kier alpha value is -0.320. The molecule has 2 atom stereocenters. The molecular formula is C14H18O2S2. The number of phenols is 1. The third kappa shape index (κ3) is 2.81. The highest BCUT2D eigenvalue weighted by Crippen LogP contribution is 2.43. The second-order valence-electron chi connectivity index (χ2n) is 5.06. The molecule has 0 saturated carbocycles. The lowest BCUT2D eigenvalue weighted by molar-refractivity contribution is -0.0562. The van der Waals surface area contributed by atoms with Gasteiger partial charge in [0.2, 0.25) is 0 Å². The summed E-state index contributed by atoms with van der Waals surface area (Å²) in [6, 6.07) is 7.54. The van der Waals surface area contributed by atoms with E-state index >= 15 is 0 Å². The molecule has 2 saturated heterocycles. The molecule has 0 bridgehead atoms. The van der Waals surface area contributed by atoms with E-state index in [0.29, 0.717) is 11.0 Å². The number of benzene rings is 1. The van der Waals surface area contributed by atoms with Gasteiger partial charge in [0, 0.05) is 22.5 Å². The molecule has 3 rings (SSSR count). The van der Waals surface area contributed by atoms with Crippen LogP contribution < -0.4 is 0 Å². The maximum atomic E-state index is 9.30. The second-order valence-corrected chi connectivity index (χ2v) is 7.54. The molecule has 18 heavy (non-hydrogen) atoms. The summed E-state index contributed by atoms with van der Waals surface area (Å²) < 4.78 is 6.04. The Labute approximate surface area is 116 Å². The van der Waals surface area contributed by atoms with Crippen molar-refractivity contribution >= 4 is 23.5 Å². The first-order chi connectivity index (χ1) is 8.76. The van der Waals surface area contributed by atoms with Crippen molar-refractivity contribution in [1.29, 1.82) is 0 Å². The van der Waals surface area contributed by atoms with Gasteiger partial charge in [0.1, 0.15) is 5.75 Å². The fraction of sp³-hybridized carbons (Fsp3) is 0.571. The molecule has 2 nitrogen and oxygen atoms in total. The van der Waals surface area contributed by atoms with E-state index < -0.39 is 0 Å². The first-order valence-electron chi connectivity index (χ1n) is 6.43. The Morgan fingerprint density at radius 1 is 1.33 bits per heavy atom. The average Bonchev–Trinajstić information content (AvgIpc) is 2.80. The highest BCUT2D eigenvalue weighted by atomic mass is 32.2. The van der Waals surface area contributed by atoms with Gasteiger partial charge in [-0.1, -0.05) is 0 Å². The van der Waals surface area contributed by atoms with Gasteiger partial charge in [-0.3, -0.25) is 0 Å². The van der Waals surface area contributed by atoms with Gasteiger partial charge in [-0.05, 0) is 49.3 Å². The van der Waals surface area contributed by atoms with Crippen molar-refractivity contribution in [2.45, 2.75) is 35.0 Å². The van der Waals surface area contributed by atoms with Crippen LogP contribution in [-0.2, 0) is 4.74 Å². The van der Waals surface area contributed by atoms with E-state index in [1.807, 2.05) is 35.7 Å². The molecule has 2 fully saturated rings. The zero-order valence-electron chi connectivity index (χ0n) is 10.3. The summed E-state index contributed by atoms with van der Waals surface area (Å²) in [5.74, 6) is 2.76. The predicted molar refractivity (Wildman–Crippen MR) is 77.6 cm³/mol. The molecule has 0 aliphatic carbocycles. The van der Waals surface area contributed by atoms with Gasteiger partial charge >= 0.3 is 0 Å². The predicted octanol–water partition coefficient (Wildman–Crippen LogP) is 3.54. The van der Waals surface area contributed by atoms with E-state index in [1.165, 1.54) is 29.2 Å². The molecule has 2 heterocycles. The zero-order valence-corrected chi connectivity index (χ0v) is 11.9. The molecule has 1 N–H and O–H groups in total. The molecule has 0 radical (unpaired) electrons. The minimum absolute atomic E-state index is 0.164. The minimum atomic E-state index is 0.164. The van der Waals surface area contributed by atoms with Crippen LogP contribution in [0.5, 0.6) is 5.75 Å². The quantitative estimate of drug-likeness (QED) is 0.898. The average molecular weight is 282 g/mol. The summed E-state index contributed by atoms with van der Waals surface area (Å²) in [6.07, 6.45) is 3.52. The van der Waals surface area contributed by atoms with Crippen LogP contribution in [0.3, 0.4) is 0 Å². The SMILES string of the molecule is Oc1ccc(SC2CCOC3(CCSC3)C2)cc1. The number of hydrogen-bond donors (Lipinski definition) is 1. The molecule has 98 valence electrons. The summed E-state index contributed by atoms with van der Waals surface area (Å²) >= 11 is 3.96. The fourth-order valence-corrected chi connectivity index (χ4v) is 5.32. The van der Waals surface area contributed by atoms with E-state index in [9.17, 15) is 5.11 Å². The lowest BCUT2D eigenvalue weighted by atomic mass is 9.93. The normalized spacial score (nSPS) is 31.9. The molecule has 1 aromatic carbocycles. The monoisotopic (exact) mass is 282 g/mol. The van der Waals surface area contributed by atoms with Crippen LogP contribution >= 0.6 is 23.5 Å². The third-order valence-corrected chi connectivity index (χ3v) is 6.16. The Morgan fingerprint density at radius 2 is 2.17 bits per heavy atom. The largest absolute Gasteiger partial charge is 0.508 e. The molecule has 1 aromatic rings. The van der Waals surface area contributed by atoms with Crippen molar-refractivity contribution in [3.8, 4) is 5.75 Å². The van der Waals surface area contributed by atoms with E-state index in [4.69, 9.17) is 4.74 Å². The van der Waals surface area contributed by atoms with Gasteiger partial charge in [0.25, 0.3) is 0 Å². The molecule has 2 unspecified atom stereocenters. The van der Waals surface area contributed by atoms with Gasteiger partial charge in [-0.25, -0.2) is 0 Å². The number of phenolic OH excluding ortho intramolecular Hbond substituents is 1. The first kappa shape index (κ1) is 12.7. The molecule has 4 heteroatoms. The number of thioether (sulfide) groups is 2. The smallest absolute Gasteiger partial charge is 0.115 e. The maximum Gasteiger partial charge on any atom is 0.115 e. The van der Waals surface area contributed by atoms with E-state index in [-0.39, 0.29) is 5.60 Å². The Balaban J connectivity index is 1.64. The molecule has 2 aliphatic heterocycles. The maximum absolute atomic E-state index is 9.30. The van der Waals surface area contributed by atoms with Crippen LogP contribution in [0.4, 0.5) is 0 Å². The van der Waals surface area contributed by atoms with E-state index in [0.717, 1.165) is 13.0 Å². The highest BCUT2D eigenvalue weighted by Gasteiger charge is 2.40. The third-order valence-electron chi connectivity index (χ3n) is 3.65. The summed E-state index contributed by atoms with van der Waals surface area (Å²) in [5, 5.41) is 9.95. The van der Waals surface area contributed by atoms with Crippen LogP contribution in [0, 0.1) is 0 Å². The van der Waals surface area contributed by atoms with Crippen molar-refractivity contribution in [2.24, 2.45) is 0 Å². The van der Waals surface area contributed by atoms with E-state index in [2.05, 4.69) is 0 Å². The van der Waals surface area contributed by atoms with Crippen molar-refractivity contribution in [3.05, 3.63) is 24.3 Å². The molecule has 0 amide bonds. The lowest BCUT2D eigenvalue weighted by Gasteiger charge is -2.37. The van der Waals surface area contributed by atoms with Crippen LogP contribution in [0.1, 0.15) is 19.3 Å². The van der Waals surface area contributed by atoms with Gasteiger partial charge in [-0.15, -0.1) is 11.8 Å². The van der Waals surface area contributed by atoms with Gasteiger partial charge in [-0.2, -0.15) is 11.8 Å². The highest BCUT2D eigenvalue weighted by molar-refractivity contribution is 8.00. The summed E-state index contributed by atoms with van der Waals surface area (Å²) in [7, 11) is 0. The number of hydrogen-bond acceptors (Lipinski definition) is 4. The minimum Gasteiger partial charge on any atom is -0.508 e. The Kier molecular flexibility index (Phi) is 3.78. The molecular weight excluding hydrogens is 264 g/mol. The number of ether oxygens (including phenoxy) is 1. The fourth-order valence-electron chi connectivity index (χ4n) is 2.66. The summed E-state index contributed by atoms with van der Waals surface area (Å²) in [4.78, 5) is 1.25. The van der Waals surface area contributed by atoms with Crippen molar-refractivity contribution < 1.29 is 9.84 Å². The Bertz CT molecular complexity index is 399. The van der Waals surface area contributed by atoms with Crippen molar-refractivity contribution in [2.75, 3.05) is 18.1 Å².